The molecule has 0 amide bonds. The minimum atomic E-state index is -0.163. The molecule has 0 aliphatic rings. The van der Waals surface area contributed by atoms with Gasteiger partial charge in [0.15, 0.2) is 11.6 Å². The largest absolute Gasteiger partial charge is 0.388 e. The normalized spacial score (nSPS) is 11.2. The molecule has 1 heterocycles. The molecule has 0 saturated heterocycles. The molecule has 0 radical (unpaired) electrons. The second-order valence-corrected chi connectivity index (χ2v) is 5.03. The summed E-state index contributed by atoms with van der Waals surface area (Å²) in [6.45, 7) is 3.82. The number of rotatable bonds is 3. The van der Waals surface area contributed by atoms with Crippen LogP contribution in [0.25, 0.3) is 11.4 Å². The summed E-state index contributed by atoms with van der Waals surface area (Å²) in [5.41, 5.74) is 0.713. The number of benzene rings is 1. The fourth-order valence-electron chi connectivity index (χ4n) is 1.83. The minimum Gasteiger partial charge on any atom is -0.388 e. The summed E-state index contributed by atoms with van der Waals surface area (Å²) in [5.74, 6) is 1.12. The van der Waals surface area contributed by atoms with Crippen molar-refractivity contribution in [3.63, 3.8) is 0 Å². The minimum absolute atomic E-state index is 0.118. The highest BCUT2D eigenvalue weighted by atomic mass is 35.5. The zero-order valence-corrected chi connectivity index (χ0v) is 11.6. The smallest absolute Gasteiger partial charge is 0.165 e. The van der Waals surface area contributed by atoms with E-state index in [-0.39, 0.29) is 12.6 Å². The Bertz CT molecular complexity index is 566. The molecule has 0 unspecified atom stereocenters. The monoisotopic (exact) mass is 285 g/mol. The van der Waals surface area contributed by atoms with E-state index in [0.29, 0.717) is 27.3 Å². The highest BCUT2D eigenvalue weighted by molar-refractivity contribution is 6.35. The van der Waals surface area contributed by atoms with E-state index < -0.39 is 0 Å². The topological polar surface area (TPSA) is 50.9 Å². The zero-order valence-electron chi connectivity index (χ0n) is 10.1. The molecule has 0 aliphatic heterocycles. The van der Waals surface area contributed by atoms with Gasteiger partial charge >= 0.3 is 0 Å². The molecule has 1 aromatic heterocycles. The molecule has 1 aromatic carbocycles. The second kappa shape index (κ2) is 5.26. The van der Waals surface area contributed by atoms with Crippen LogP contribution in [0, 0.1) is 0 Å². The fourth-order valence-corrected chi connectivity index (χ4v) is 2.20. The van der Waals surface area contributed by atoms with E-state index >= 15 is 0 Å². The number of halogens is 2. The standard InChI is InChI=1S/C12H13Cl2N3O/c1-7(2)17-11(6-18)15-16-12(17)9-5-8(13)3-4-10(9)14/h3-5,7,18H,6H2,1-2H3. The van der Waals surface area contributed by atoms with Gasteiger partial charge in [0, 0.05) is 16.6 Å². The van der Waals surface area contributed by atoms with E-state index in [1.54, 1.807) is 18.2 Å². The van der Waals surface area contributed by atoms with Crippen LogP contribution in [0.15, 0.2) is 18.2 Å². The lowest BCUT2D eigenvalue weighted by molar-refractivity contribution is 0.262. The lowest BCUT2D eigenvalue weighted by Gasteiger charge is -2.13. The quantitative estimate of drug-likeness (QED) is 0.941. The van der Waals surface area contributed by atoms with Crippen molar-refractivity contribution in [2.75, 3.05) is 0 Å². The average molecular weight is 286 g/mol. The van der Waals surface area contributed by atoms with Gasteiger partial charge in [0.05, 0.1) is 5.02 Å². The van der Waals surface area contributed by atoms with Crippen molar-refractivity contribution < 1.29 is 5.11 Å². The van der Waals surface area contributed by atoms with Crippen LogP contribution in [0.1, 0.15) is 25.7 Å². The van der Waals surface area contributed by atoms with Gasteiger partial charge in [-0.1, -0.05) is 23.2 Å². The average Bonchev–Trinajstić information content (AvgIpc) is 2.75. The summed E-state index contributed by atoms with van der Waals surface area (Å²) in [7, 11) is 0. The van der Waals surface area contributed by atoms with Crippen LogP contribution in [-0.2, 0) is 6.61 Å². The molecule has 2 rings (SSSR count). The molecule has 96 valence electrons. The second-order valence-electron chi connectivity index (χ2n) is 4.19. The van der Waals surface area contributed by atoms with Crippen LogP contribution in [0.4, 0.5) is 0 Å². The lowest BCUT2D eigenvalue weighted by Crippen LogP contribution is -2.08. The summed E-state index contributed by atoms with van der Waals surface area (Å²) in [6, 6.07) is 5.30. The summed E-state index contributed by atoms with van der Waals surface area (Å²) in [6.07, 6.45) is 0. The third-order valence-electron chi connectivity index (χ3n) is 2.59. The van der Waals surface area contributed by atoms with Crippen LogP contribution in [0.2, 0.25) is 10.0 Å². The Labute approximate surface area is 115 Å². The molecular weight excluding hydrogens is 273 g/mol. The Morgan fingerprint density at radius 2 is 2.00 bits per heavy atom. The van der Waals surface area contributed by atoms with Crippen LogP contribution < -0.4 is 0 Å². The SMILES string of the molecule is CC(C)n1c(CO)nnc1-c1cc(Cl)ccc1Cl. The molecule has 1 N–H and O–H groups in total. The molecule has 0 atom stereocenters. The van der Waals surface area contributed by atoms with E-state index in [1.165, 1.54) is 0 Å². The molecule has 18 heavy (non-hydrogen) atoms. The number of aliphatic hydroxyl groups is 1. The summed E-state index contributed by atoms with van der Waals surface area (Å²) in [5, 5.41) is 18.5. The third-order valence-corrected chi connectivity index (χ3v) is 3.16. The highest BCUT2D eigenvalue weighted by Crippen LogP contribution is 2.31. The van der Waals surface area contributed by atoms with Crippen molar-refractivity contribution in [2.45, 2.75) is 26.5 Å². The maximum Gasteiger partial charge on any atom is 0.165 e. The molecule has 0 saturated carbocycles. The first kappa shape index (κ1) is 13.3. The Morgan fingerprint density at radius 3 is 2.61 bits per heavy atom. The fraction of sp³-hybridized carbons (Fsp3) is 0.333. The van der Waals surface area contributed by atoms with Crippen LogP contribution in [0.3, 0.4) is 0 Å². The number of aromatic nitrogens is 3. The van der Waals surface area contributed by atoms with Crippen molar-refractivity contribution in [3.05, 3.63) is 34.1 Å². The van der Waals surface area contributed by atoms with Gasteiger partial charge in [-0.25, -0.2) is 0 Å². The van der Waals surface area contributed by atoms with E-state index in [0.717, 1.165) is 0 Å². The van der Waals surface area contributed by atoms with E-state index in [9.17, 15) is 5.11 Å². The Hall–Kier alpha value is -1.10. The first-order chi connectivity index (χ1) is 8.54. The maximum atomic E-state index is 9.27. The molecule has 2 aromatic rings. The van der Waals surface area contributed by atoms with Gasteiger partial charge in [0.2, 0.25) is 0 Å². The predicted octanol–water partition coefficient (Wildman–Crippen LogP) is 3.33. The van der Waals surface area contributed by atoms with Gasteiger partial charge in [-0.15, -0.1) is 10.2 Å². The van der Waals surface area contributed by atoms with Crippen LogP contribution >= 0.6 is 23.2 Å². The van der Waals surface area contributed by atoms with Crippen LogP contribution in [0.5, 0.6) is 0 Å². The molecule has 0 aliphatic carbocycles. The first-order valence-corrected chi connectivity index (χ1v) is 6.30. The third kappa shape index (κ3) is 2.36. The molecule has 0 bridgehead atoms. The van der Waals surface area contributed by atoms with Gasteiger partial charge in [-0.05, 0) is 32.0 Å². The molecule has 0 fully saturated rings. The molecule has 6 heteroatoms. The number of nitrogens with zero attached hydrogens (tertiary/aromatic N) is 3. The summed E-state index contributed by atoms with van der Waals surface area (Å²) in [4.78, 5) is 0. The summed E-state index contributed by atoms with van der Waals surface area (Å²) < 4.78 is 1.84. The van der Waals surface area contributed by atoms with Gasteiger partial charge in [-0.2, -0.15) is 0 Å². The Kier molecular flexibility index (Phi) is 3.90. The van der Waals surface area contributed by atoms with Crippen molar-refractivity contribution >= 4 is 23.2 Å². The van der Waals surface area contributed by atoms with Gasteiger partial charge < -0.3 is 9.67 Å². The van der Waals surface area contributed by atoms with Gasteiger partial charge in [-0.3, -0.25) is 0 Å². The van der Waals surface area contributed by atoms with E-state index in [2.05, 4.69) is 10.2 Å². The predicted molar refractivity (Wildman–Crippen MR) is 71.8 cm³/mol. The maximum absolute atomic E-state index is 9.27. The van der Waals surface area contributed by atoms with Crippen LogP contribution in [-0.4, -0.2) is 19.9 Å². The zero-order chi connectivity index (χ0) is 13.3. The van der Waals surface area contributed by atoms with E-state index in [1.807, 2.05) is 18.4 Å². The molecular formula is C12H13Cl2N3O. The Morgan fingerprint density at radius 1 is 1.28 bits per heavy atom. The number of aliphatic hydroxyl groups excluding tert-OH is 1. The van der Waals surface area contributed by atoms with Crippen molar-refractivity contribution in [3.8, 4) is 11.4 Å². The molecule has 0 spiro atoms. The summed E-state index contributed by atoms with van der Waals surface area (Å²) >= 11 is 12.1. The van der Waals surface area contributed by atoms with Crippen molar-refractivity contribution in [1.29, 1.82) is 0 Å². The number of hydrogen-bond acceptors (Lipinski definition) is 3. The first-order valence-electron chi connectivity index (χ1n) is 5.54. The molecule has 4 nitrogen and oxygen atoms in total. The van der Waals surface area contributed by atoms with Gasteiger partial charge in [0.1, 0.15) is 6.61 Å². The van der Waals surface area contributed by atoms with Crippen molar-refractivity contribution in [2.24, 2.45) is 0 Å². The lowest BCUT2D eigenvalue weighted by atomic mass is 10.2. The highest BCUT2D eigenvalue weighted by Gasteiger charge is 2.17. The Balaban J connectivity index is 2.63. The van der Waals surface area contributed by atoms with E-state index in [4.69, 9.17) is 23.2 Å². The van der Waals surface area contributed by atoms with Crippen molar-refractivity contribution in [1.82, 2.24) is 14.8 Å². The number of hydrogen-bond donors (Lipinski definition) is 1. The van der Waals surface area contributed by atoms with Gasteiger partial charge in [0.25, 0.3) is 0 Å².